The van der Waals surface area contributed by atoms with Gasteiger partial charge in [-0.15, -0.1) is 0 Å². The van der Waals surface area contributed by atoms with Crippen LogP contribution in [0.3, 0.4) is 0 Å². The lowest BCUT2D eigenvalue weighted by molar-refractivity contribution is 0.0626. The Balaban J connectivity index is 1.36. The van der Waals surface area contributed by atoms with Gasteiger partial charge in [0.05, 0.1) is 18.3 Å². The molecule has 0 heterocycles. The van der Waals surface area contributed by atoms with E-state index >= 15 is 0 Å². The van der Waals surface area contributed by atoms with Gasteiger partial charge < -0.3 is 14.2 Å². The van der Waals surface area contributed by atoms with Crippen LogP contribution >= 0.6 is 0 Å². The minimum atomic E-state index is -0.364. The minimum absolute atomic E-state index is 0.00292. The van der Waals surface area contributed by atoms with E-state index in [1.54, 1.807) is 0 Å². The zero-order valence-electron chi connectivity index (χ0n) is 25.5. The molecule has 0 aromatic heterocycles. The standard InChI is InChI=1S/C37H50O4/c1-4-6-8-9-10-11-12-13-14-15-29-39-30(3)31-16-18-34(19-17-31)37(38)41-36-26-22-33(23-27-36)32-20-24-35(25-21-32)40-28-7-5-2/h16-27,30H,4-15,28-29H2,1-3H3. The van der Waals surface area contributed by atoms with Gasteiger partial charge in [0.15, 0.2) is 0 Å². The number of hydrogen-bond acceptors (Lipinski definition) is 4. The summed E-state index contributed by atoms with van der Waals surface area (Å²) in [6.45, 7) is 8.00. The fourth-order valence-corrected chi connectivity index (χ4v) is 4.80. The van der Waals surface area contributed by atoms with Crippen molar-refractivity contribution < 1.29 is 19.0 Å². The summed E-state index contributed by atoms with van der Waals surface area (Å²) in [6.07, 6.45) is 15.4. The molecule has 1 unspecified atom stereocenters. The Bertz CT molecular complexity index is 1100. The molecule has 3 rings (SSSR count). The van der Waals surface area contributed by atoms with Crippen LogP contribution < -0.4 is 9.47 Å². The van der Waals surface area contributed by atoms with Gasteiger partial charge in [-0.3, -0.25) is 0 Å². The van der Waals surface area contributed by atoms with Gasteiger partial charge in [-0.2, -0.15) is 0 Å². The van der Waals surface area contributed by atoms with Gasteiger partial charge in [0.1, 0.15) is 11.5 Å². The minimum Gasteiger partial charge on any atom is -0.494 e. The second kappa shape index (κ2) is 19.1. The van der Waals surface area contributed by atoms with Crippen molar-refractivity contribution in [2.45, 2.75) is 104 Å². The molecule has 0 fully saturated rings. The average molecular weight is 559 g/mol. The van der Waals surface area contributed by atoms with Gasteiger partial charge in [-0.25, -0.2) is 4.79 Å². The third-order valence-electron chi connectivity index (χ3n) is 7.50. The Morgan fingerprint density at radius 3 is 1.66 bits per heavy atom. The first-order chi connectivity index (χ1) is 20.1. The van der Waals surface area contributed by atoms with Crippen LogP contribution in [0.2, 0.25) is 0 Å². The first kappa shape index (κ1) is 32.4. The third-order valence-corrected chi connectivity index (χ3v) is 7.50. The van der Waals surface area contributed by atoms with E-state index in [9.17, 15) is 4.79 Å². The van der Waals surface area contributed by atoms with Crippen molar-refractivity contribution in [2.24, 2.45) is 0 Å². The van der Waals surface area contributed by atoms with Crippen LogP contribution in [0, 0.1) is 0 Å². The number of carbonyl (C=O) groups excluding carboxylic acids is 1. The summed E-state index contributed by atoms with van der Waals surface area (Å²) >= 11 is 0. The van der Waals surface area contributed by atoms with Crippen molar-refractivity contribution in [3.63, 3.8) is 0 Å². The fraction of sp³-hybridized carbons (Fsp3) is 0.486. The van der Waals surface area contributed by atoms with Crippen LogP contribution in [-0.2, 0) is 4.74 Å². The molecule has 0 spiro atoms. The molecule has 1 atom stereocenters. The molecular weight excluding hydrogens is 508 g/mol. The Labute approximate surface area is 248 Å². The molecule has 0 aliphatic carbocycles. The number of hydrogen-bond donors (Lipinski definition) is 0. The molecule has 3 aromatic rings. The Hall–Kier alpha value is -3.11. The number of esters is 1. The zero-order valence-corrected chi connectivity index (χ0v) is 25.5. The highest BCUT2D eigenvalue weighted by molar-refractivity contribution is 5.91. The molecule has 222 valence electrons. The van der Waals surface area contributed by atoms with Crippen LogP contribution in [0.1, 0.15) is 120 Å². The summed E-state index contributed by atoms with van der Waals surface area (Å²) in [5.41, 5.74) is 3.74. The van der Waals surface area contributed by atoms with E-state index in [4.69, 9.17) is 14.2 Å². The molecule has 0 bridgehead atoms. The summed E-state index contributed by atoms with van der Waals surface area (Å²) in [5, 5.41) is 0. The van der Waals surface area contributed by atoms with Gasteiger partial charge in [-0.1, -0.05) is 114 Å². The normalized spacial score (nSPS) is 11.8. The van der Waals surface area contributed by atoms with Crippen molar-refractivity contribution in [1.29, 1.82) is 0 Å². The topological polar surface area (TPSA) is 44.8 Å². The molecule has 0 aliphatic rings. The monoisotopic (exact) mass is 558 g/mol. The maximum Gasteiger partial charge on any atom is 0.343 e. The largest absolute Gasteiger partial charge is 0.494 e. The number of benzene rings is 3. The molecule has 3 aromatic carbocycles. The van der Waals surface area contributed by atoms with E-state index in [1.807, 2.05) is 72.8 Å². The Morgan fingerprint density at radius 2 is 1.10 bits per heavy atom. The second-order valence-corrected chi connectivity index (χ2v) is 11.0. The van der Waals surface area contributed by atoms with E-state index < -0.39 is 0 Å². The van der Waals surface area contributed by atoms with Crippen LogP contribution in [0.25, 0.3) is 11.1 Å². The highest BCUT2D eigenvalue weighted by atomic mass is 16.5. The fourth-order valence-electron chi connectivity index (χ4n) is 4.80. The summed E-state index contributed by atoms with van der Waals surface area (Å²) in [5.74, 6) is 1.04. The Kier molecular flexibility index (Phi) is 15.1. The molecule has 0 saturated heterocycles. The maximum absolute atomic E-state index is 12.7. The van der Waals surface area contributed by atoms with Crippen molar-refractivity contribution in [2.75, 3.05) is 13.2 Å². The summed E-state index contributed by atoms with van der Waals surface area (Å²) in [7, 11) is 0. The Morgan fingerprint density at radius 1 is 0.585 bits per heavy atom. The number of carbonyl (C=O) groups is 1. The second-order valence-electron chi connectivity index (χ2n) is 11.0. The van der Waals surface area contributed by atoms with Gasteiger partial charge in [-0.05, 0) is 72.9 Å². The molecule has 4 nitrogen and oxygen atoms in total. The first-order valence-electron chi connectivity index (χ1n) is 15.9. The lowest BCUT2D eigenvalue weighted by atomic mass is 10.1. The summed E-state index contributed by atoms with van der Waals surface area (Å²) in [6, 6.07) is 23.2. The first-order valence-corrected chi connectivity index (χ1v) is 15.9. The average Bonchev–Trinajstić information content (AvgIpc) is 3.01. The van der Waals surface area contributed by atoms with Crippen molar-refractivity contribution in [3.8, 4) is 22.6 Å². The maximum atomic E-state index is 12.7. The summed E-state index contributed by atoms with van der Waals surface area (Å²) in [4.78, 5) is 12.7. The highest BCUT2D eigenvalue weighted by Crippen LogP contribution is 2.26. The van der Waals surface area contributed by atoms with E-state index in [2.05, 4.69) is 20.8 Å². The zero-order chi connectivity index (χ0) is 29.1. The molecule has 0 N–H and O–H groups in total. The smallest absolute Gasteiger partial charge is 0.343 e. The molecule has 4 heteroatoms. The highest BCUT2D eigenvalue weighted by Gasteiger charge is 2.11. The number of rotatable bonds is 20. The number of unbranched alkanes of at least 4 members (excludes halogenated alkanes) is 10. The predicted octanol–water partition coefficient (Wildman–Crippen LogP) is 10.8. The predicted molar refractivity (Wildman–Crippen MR) is 170 cm³/mol. The molecule has 41 heavy (non-hydrogen) atoms. The van der Waals surface area contributed by atoms with Gasteiger partial charge in [0.25, 0.3) is 0 Å². The molecule has 0 radical (unpaired) electrons. The van der Waals surface area contributed by atoms with E-state index in [0.717, 1.165) is 54.9 Å². The third kappa shape index (κ3) is 12.1. The molecule has 0 saturated carbocycles. The van der Waals surface area contributed by atoms with Crippen LogP contribution in [0.4, 0.5) is 0 Å². The molecular formula is C37H50O4. The van der Waals surface area contributed by atoms with E-state index in [-0.39, 0.29) is 12.1 Å². The molecule has 0 amide bonds. The van der Waals surface area contributed by atoms with Gasteiger partial charge >= 0.3 is 5.97 Å². The van der Waals surface area contributed by atoms with Crippen molar-refractivity contribution in [1.82, 2.24) is 0 Å². The van der Waals surface area contributed by atoms with Crippen molar-refractivity contribution in [3.05, 3.63) is 83.9 Å². The quantitative estimate of drug-likeness (QED) is 0.0786. The SMILES string of the molecule is CCCCCCCCCCCCOC(C)c1ccc(C(=O)Oc2ccc(-c3ccc(OCCCC)cc3)cc2)cc1. The number of ether oxygens (including phenoxy) is 3. The van der Waals surface area contributed by atoms with Crippen molar-refractivity contribution >= 4 is 5.97 Å². The van der Waals surface area contributed by atoms with E-state index in [1.165, 1.54) is 57.8 Å². The van der Waals surface area contributed by atoms with E-state index in [0.29, 0.717) is 11.3 Å². The van der Waals surface area contributed by atoms with Crippen LogP contribution in [0.5, 0.6) is 11.5 Å². The summed E-state index contributed by atoms with van der Waals surface area (Å²) < 4.78 is 17.4. The van der Waals surface area contributed by atoms with Gasteiger partial charge in [0, 0.05) is 6.61 Å². The lowest BCUT2D eigenvalue weighted by Crippen LogP contribution is -2.09. The lowest BCUT2D eigenvalue weighted by Gasteiger charge is -2.14. The molecule has 0 aliphatic heterocycles. The van der Waals surface area contributed by atoms with Gasteiger partial charge in [0.2, 0.25) is 0 Å². The van der Waals surface area contributed by atoms with Crippen LogP contribution in [-0.4, -0.2) is 19.2 Å². The van der Waals surface area contributed by atoms with Crippen LogP contribution in [0.15, 0.2) is 72.8 Å².